The Labute approximate surface area is 224 Å². The molecule has 0 heterocycles. The van der Waals surface area contributed by atoms with Crippen molar-refractivity contribution in [2.24, 2.45) is 0 Å². The zero-order valence-corrected chi connectivity index (χ0v) is 22.8. The molecule has 0 bridgehead atoms. The van der Waals surface area contributed by atoms with Crippen molar-refractivity contribution in [3.63, 3.8) is 0 Å². The number of aryl methyl sites for hydroxylation is 1. The Bertz CT molecular complexity index is 1310. The molecule has 0 saturated carbocycles. The Hall–Kier alpha value is -3.36. The number of carbonyl (C=O) groups excluding carboxylic acids is 2. The fourth-order valence-corrected chi connectivity index (χ4v) is 5.01. The van der Waals surface area contributed by atoms with E-state index in [1.165, 1.54) is 11.0 Å². The molecule has 1 N–H and O–H groups in total. The van der Waals surface area contributed by atoms with E-state index in [0.29, 0.717) is 11.6 Å². The van der Waals surface area contributed by atoms with Crippen molar-refractivity contribution >= 4 is 39.1 Å². The maximum atomic E-state index is 13.9. The van der Waals surface area contributed by atoms with Crippen molar-refractivity contribution in [3.8, 4) is 0 Å². The number of sulfonamides is 1. The van der Waals surface area contributed by atoms with Gasteiger partial charge in [-0.2, -0.15) is 0 Å². The van der Waals surface area contributed by atoms with Gasteiger partial charge in [-0.25, -0.2) is 8.42 Å². The monoisotopic (exact) mass is 541 g/mol. The SMILES string of the molecule is CCNC(=O)[C@@H](Cc1ccccc1)N(Cc1ccc(C)cc1)C(=O)CN(c1cccc(Cl)c1)S(C)(=O)=O. The van der Waals surface area contributed by atoms with Gasteiger partial charge in [0.25, 0.3) is 0 Å². The third-order valence-corrected chi connectivity index (χ3v) is 7.25. The van der Waals surface area contributed by atoms with E-state index in [-0.39, 0.29) is 24.6 Å². The lowest BCUT2D eigenvalue weighted by molar-refractivity contribution is -0.140. The van der Waals surface area contributed by atoms with Crippen molar-refractivity contribution in [1.82, 2.24) is 10.2 Å². The van der Waals surface area contributed by atoms with Crippen LogP contribution in [0.4, 0.5) is 5.69 Å². The van der Waals surface area contributed by atoms with E-state index in [0.717, 1.165) is 27.3 Å². The Morgan fingerprint density at radius 1 is 0.946 bits per heavy atom. The van der Waals surface area contributed by atoms with Crippen LogP contribution in [0.2, 0.25) is 5.02 Å². The van der Waals surface area contributed by atoms with Gasteiger partial charge in [0, 0.05) is 24.5 Å². The first-order chi connectivity index (χ1) is 17.6. The zero-order chi connectivity index (χ0) is 27.0. The number of hydrogen-bond donors (Lipinski definition) is 1. The van der Waals surface area contributed by atoms with Crippen LogP contribution in [0.1, 0.15) is 23.6 Å². The highest BCUT2D eigenvalue weighted by Crippen LogP contribution is 2.23. The predicted octanol–water partition coefficient (Wildman–Crippen LogP) is 4.19. The first-order valence-electron chi connectivity index (χ1n) is 12.0. The van der Waals surface area contributed by atoms with Crippen LogP contribution in [0, 0.1) is 6.92 Å². The number of benzene rings is 3. The summed E-state index contributed by atoms with van der Waals surface area (Å²) in [6.07, 6.45) is 1.32. The summed E-state index contributed by atoms with van der Waals surface area (Å²) in [5.74, 6) is -0.807. The average molecular weight is 542 g/mol. The van der Waals surface area contributed by atoms with Gasteiger partial charge in [-0.3, -0.25) is 13.9 Å². The van der Waals surface area contributed by atoms with E-state index in [2.05, 4.69) is 5.32 Å². The molecule has 9 heteroatoms. The second kappa shape index (κ2) is 12.7. The molecule has 7 nitrogen and oxygen atoms in total. The quantitative estimate of drug-likeness (QED) is 0.394. The van der Waals surface area contributed by atoms with Crippen molar-refractivity contribution in [2.75, 3.05) is 23.7 Å². The lowest BCUT2D eigenvalue weighted by atomic mass is 10.0. The molecule has 196 valence electrons. The van der Waals surface area contributed by atoms with Gasteiger partial charge in [-0.15, -0.1) is 0 Å². The fourth-order valence-electron chi connectivity index (χ4n) is 3.98. The van der Waals surface area contributed by atoms with E-state index < -0.39 is 28.5 Å². The molecule has 0 fully saturated rings. The summed E-state index contributed by atoms with van der Waals surface area (Å²) in [6.45, 7) is 3.84. The molecular formula is C28H32ClN3O4S. The maximum Gasteiger partial charge on any atom is 0.244 e. The minimum Gasteiger partial charge on any atom is -0.355 e. The summed E-state index contributed by atoms with van der Waals surface area (Å²) in [6, 6.07) is 22.6. The number of amides is 2. The van der Waals surface area contributed by atoms with E-state index in [1.54, 1.807) is 18.2 Å². The molecule has 1 atom stereocenters. The van der Waals surface area contributed by atoms with Gasteiger partial charge in [0.05, 0.1) is 11.9 Å². The molecule has 37 heavy (non-hydrogen) atoms. The number of hydrogen-bond acceptors (Lipinski definition) is 4. The third-order valence-electron chi connectivity index (χ3n) is 5.87. The number of carbonyl (C=O) groups is 2. The van der Waals surface area contributed by atoms with Crippen LogP contribution in [0.15, 0.2) is 78.9 Å². The summed E-state index contributed by atoms with van der Waals surface area (Å²) >= 11 is 6.11. The van der Waals surface area contributed by atoms with Gasteiger partial charge >= 0.3 is 0 Å². The third kappa shape index (κ3) is 8.06. The fraction of sp³-hybridized carbons (Fsp3) is 0.286. The Morgan fingerprint density at radius 2 is 1.62 bits per heavy atom. The van der Waals surface area contributed by atoms with Crippen molar-refractivity contribution in [1.29, 1.82) is 0 Å². The molecule has 3 aromatic rings. The largest absolute Gasteiger partial charge is 0.355 e. The highest BCUT2D eigenvalue weighted by atomic mass is 35.5. The summed E-state index contributed by atoms with van der Waals surface area (Å²) < 4.78 is 26.5. The van der Waals surface area contributed by atoms with Gasteiger partial charge in [0.15, 0.2) is 0 Å². The van der Waals surface area contributed by atoms with E-state index >= 15 is 0 Å². The second-order valence-electron chi connectivity index (χ2n) is 8.86. The summed E-state index contributed by atoms with van der Waals surface area (Å²) in [7, 11) is -3.83. The van der Waals surface area contributed by atoms with Gasteiger partial charge in [-0.1, -0.05) is 77.8 Å². The van der Waals surface area contributed by atoms with Crippen LogP contribution < -0.4 is 9.62 Å². The summed E-state index contributed by atoms with van der Waals surface area (Å²) in [4.78, 5) is 28.6. The molecule has 0 saturated heterocycles. The zero-order valence-electron chi connectivity index (χ0n) is 21.2. The summed E-state index contributed by atoms with van der Waals surface area (Å²) in [5.41, 5.74) is 3.05. The Kier molecular flexibility index (Phi) is 9.72. The Morgan fingerprint density at radius 3 is 2.22 bits per heavy atom. The standard InChI is InChI=1S/C28H32ClN3O4S/c1-4-30-28(34)26(17-22-9-6-5-7-10-22)31(19-23-15-13-21(2)14-16-23)27(33)20-32(37(3,35)36)25-12-8-11-24(29)18-25/h5-16,18,26H,4,17,19-20H2,1-3H3,(H,30,34)/t26-/m1/s1. The van der Waals surface area contributed by atoms with Crippen LogP contribution in [0.5, 0.6) is 0 Å². The van der Waals surface area contributed by atoms with Crippen LogP contribution in [0.3, 0.4) is 0 Å². The second-order valence-corrected chi connectivity index (χ2v) is 11.2. The molecular weight excluding hydrogens is 510 g/mol. The number of halogens is 1. The highest BCUT2D eigenvalue weighted by molar-refractivity contribution is 7.92. The number of nitrogens with one attached hydrogen (secondary N) is 1. The van der Waals surface area contributed by atoms with Crippen LogP contribution in [-0.2, 0) is 32.6 Å². The van der Waals surface area contributed by atoms with Gasteiger partial charge in [-0.05, 0) is 43.2 Å². The van der Waals surface area contributed by atoms with Crippen LogP contribution in [-0.4, -0.2) is 50.5 Å². The molecule has 0 radical (unpaired) electrons. The molecule has 0 aliphatic heterocycles. The topological polar surface area (TPSA) is 86.8 Å². The summed E-state index contributed by atoms with van der Waals surface area (Å²) in [5, 5.41) is 3.18. The van der Waals surface area contributed by atoms with Crippen LogP contribution >= 0.6 is 11.6 Å². The van der Waals surface area contributed by atoms with Gasteiger partial charge < -0.3 is 10.2 Å². The molecule has 0 spiro atoms. The lowest BCUT2D eigenvalue weighted by Gasteiger charge is -2.33. The molecule has 2 amide bonds. The van der Waals surface area contributed by atoms with Gasteiger partial charge in [0.2, 0.25) is 21.8 Å². The van der Waals surface area contributed by atoms with E-state index in [9.17, 15) is 18.0 Å². The molecule has 3 rings (SSSR count). The average Bonchev–Trinajstić information content (AvgIpc) is 2.85. The molecule has 0 unspecified atom stereocenters. The smallest absolute Gasteiger partial charge is 0.244 e. The van der Waals surface area contributed by atoms with Crippen LogP contribution in [0.25, 0.3) is 0 Å². The van der Waals surface area contributed by atoms with E-state index in [1.807, 2.05) is 68.4 Å². The van der Waals surface area contributed by atoms with Gasteiger partial charge in [0.1, 0.15) is 12.6 Å². The number of anilines is 1. The maximum absolute atomic E-state index is 13.9. The predicted molar refractivity (Wildman–Crippen MR) is 148 cm³/mol. The first kappa shape index (κ1) is 28.2. The molecule has 0 aliphatic rings. The highest BCUT2D eigenvalue weighted by Gasteiger charge is 2.32. The number of rotatable bonds is 11. The minimum atomic E-state index is -3.83. The molecule has 3 aromatic carbocycles. The first-order valence-corrected chi connectivity index (χ1v) is 14.2. The van der Waals surface area contributed by atoms with Crippen molar-refractivity contribution in [3.05, 3.63) is 101 Å². The minimum absolute atomic E-state index is 0.140. The number of likely N-dealkylation sites (N-methyl/N-ethyl adjacent to an activating group) is 1. The number of nitrogens with zero attached hydrogens (tertiary/aromatic N) is 2. The van der Waals surface area contributed by atoms with E-state index in [4.69, 9.17) is 11.6 Å². The lowest BCUT2D eigenvalue weighted by Crippen LogP contribution is -2.53. The van der Waals surface area contributed by atoms with Crippen molar-refractivity contribution in [2.45, 2.75) is 32.9 Å². The Balaban J connectivity index is 2.03. The van der Waals surface area contributed by atoms with Crippen molar-refractivity contribution < 1.29 is 18.0 Å². The normalized spacial score (nSPS) is 12.0. The molecule has 0 aromatic heterocycles. The molecule has 0 aliphatic carbocycles.